The fourth-order valence-corrected chi connectivity index (χ4v) is 1.70. The Morgan fingerprint density at radius 2 is 1.71 bits per heavy atom. The smallest absolute Gasteiger partial charge is 0.220 e. The second-order valence-corrected chi connectivity index (χ2v) is 6.78. The molecule has 0 rings (SSSR count). The number of carbonyl (C=O) groups is 1. The molecule has 0 aromatic carbocycles. The van der Waals surface area contributed by atoms with Crippen molar-refractivity contribution in [2.75, 3.05) is 0 Å². The first-order valence-electron chi connectivity index (χ1n) is 6.85. The summed E-state index contributed by atoms with van der Waals surface area (Å²) in [7, 11) is 0. The lowest BCUT2D eigenvalue weighted by Gasteiger charge is -2.29. The average Bonchev–Trinajstić information content (AvgIpc) is 2.22. The first kappa shape index (κ1) is 16.9. The highest BCUT2D eigenvalue weighted by Gasteiger charge is 2.25. The lowest BCUT2D eigenvalue weighted by molar-refractivity contribution is -0.122. The van der Waals surface area contributed by atoms with Gasteiger partial charge in [0.2, 0.25) is 5.91 Å². The molecule has 1 amide bonds. The first-order chi connectivity index (χ1) is 7.90. The summed E-state index contributed by atoms with van der Waals surface area (Å²) in [6.45, 7) is 8.37. The van der Waals surface area contributed by atoms with Gasteiger partial charge in [-0.1, -0.05) is 61.9 Å². The molecule has 1 atom stereocenters. The average molecular weight is 306 g/mol. The van der Waals surface area contributed by atoms with E-state index in [1.54, 1.807) is 0 Å². The van der Waals surface area contributed by atoms with E-state index in [1.807, 2.05) is 13.8 Å². The van der Waals surface area contributed by atoms with Gasteiger partial charge in [-0.15, -0.1) is 0 Å². The third kappa shape index (κ3) is 8.64. The molecule has 0 fully saturated rings. The summed E-state index contributed by atoms with van der Waals surface area (Å²) in [6.07, 6.45) is 8.02. The van der Waals surface area contributed by atoms with Gasteiger partial charge >= 0.3 is 0 Å². The summed E-state index contributed by atoms with van der Waals surface area (Å²) in [4.78, 5) is 12.0. The highest BCUT2D eigenvalue weighted by atomic mass is 79.9. The number of nitrogens with one attached hydrogen (secondary N) is 1. The van der Waals surface area contributed by atoms with Crippen molar-refractivity contribution in [2.24, 2.45) is 0 Å². The highest BCUT2D eigenvalue weighted by Crippen LogP contribution is 2.17. The van der Waals surface area contributed by atoms with Crippen LogP contribution in [-0.4, -0.2) is 16.3 Å². The second kappa shape index (κ2) is 8.96. The number of halogens is 1. The highest BCUT2D eigenvalue weighted by molar-refractivity contribution is 9.09. The summed E-state index contributed by atoms with van der Waals surface area (Å²) in [5, 5.41) is 3.07. The maximum atomic E-state index is 11.7. The third-order valence-corrected chi connectivity index (χ3v) is 4.36. The Kier molecular flexibility index (Phi) is 8.93. The number of carbonyl (C=O) groups excluding carboxylic acids is 1. The van der Waals surface area contributed by atoms with Gasteiger partial charge in [-0.2, -0.15) is 0 Å². The van der Waals surface area contributed by atoms with Crippen molar-refractivity contribution in [3.8, 4) is 0 Å². The van der Waals surface area contributed by atoms with Crippen LogP contribution in [0.5, 0.6) is 0 Å². The molecular formula is C14H28BrNO. The van der Waals surface area contributed by atoms with Gasteiger partial charge < -0.3 is 5.32 Å². The first-order valence-corrected chi connectivity index (χ1v) is 7.76. The van der Waals surface area contributed by atoms with E-state index in [0.717, 1.165) is 6.42 Å². The minimum absolute atomic E-state index is 0.167. The van der Waals surface area contributed by atoms with Gasteiger partial charge in [-0.05, 0) is 20.3 Å². The molecule has 0 aliphatic carbocycles. The van der Waals surface area contributed by atoms with Gasteiger partial charge in [0.15, 0.2) is 0 Å². The minimum Gasteiger partial charge on any atom is -0.350 e. The number of hydrogen-bond donors (Lipinski definition) is 1. The molecular weight excluding hydrogens is 278 g/mol. The molecule has 0 bridgehead atoms. The van der Waals surface area contributed by atoms with Crippen LogP contribution in [0.3, 0.4) is 0 Å². The van der Waals surface area contributed by atoms with Crippen LogP contribution in [-0.2, 0) is 4.79 Å². The van der Waals surface area contributed by atoms with Crippen molar-refractivity contribution in [2.45, 2.75) is 83.0 Å². The number of rotatable bonds is 9. The van der Waals surface area contributed by atoms with E-state index in [1.165, 1.54) is 32.1 Å². The van der Waals surface area contributed by atoms with E-state index < -0.39 is 0 Å². The van der Waals surface area contributed by atoms with Gasteiger partial charge in [-0.25, -0.2) is 0 Å². The fourth-order valence-electron chi connectivity index (χ4n) is 1.59. The summed E-state index contributed by atoms with van der Waals surface area (Å²) >= 11 is 3.52. The van der Waals surface area contributed by atoms with Gasteiger partial charge in [0.05, 0.1) is 0 Å². The molecule has 0 heterocycles. The molecule has 17 heavy (non-hydrogen) atoms. The van der Waals surface area contributed by atoms with E-state index in [2.05, 4.69) is 35.1 Å². The van der Waals surface area contributed by atoms with Crippen LogP contribution in [0.25, 0.3) is 0 Å². The Bertz CT molecular complexity index is 214. The van der Waals surface area contributed by atoms with Crippen molar-refractivity contribution in [1.82, 2.24) is 5.32 Å². The van der Waals surface area contributed by atoms with Crippen LogP contribution in [0.1, 0.15) is 72.6 Å². The molecule has 3 heteroatoms. The number of amides is 1. The molecule has 0 aromatic heterocycles. The van der Waals surface area contributed by atoms with Crippen molar-refractivity contribution in [3.63, 3.8) is 0 Å². The van der Waals surface area contributed by atoms with E-state index in [9.17, 15) is 4.79 Å². The maximum absolute atomic E-state index is 11.7. The standard InChI is InChI=1S/C14H28BrNO/c1-5-6-7-8-9-10-11-13(17)16-14(3,4)12(2)15/h12H,5-11H2,1-4H3,(H,16,17). The van der Waals surface area contributed by atoms with Crippen molar-refractivity contribution < 1.29 is 4.79 Å². The van der Waals surface area contributed by atoms with E-state index in [0.29, 0.717) is 6.42 Å². The summed E-state index contributed by atoms with van der Waals surface area (Å²) in [5.41, 5.74) is -0.167. The zero-order valence-corrected chi connectivity index (χ0v) is 13.4. The van der Waals surface area contributed by atoms with Crippen LogP contribution >= 0.6 is 15.9 Å². The van der Waals surface area contributed by atoms with Crippen LogP contribution in [0.4, 0.5) is 0 Å². The van der Waals surface area contributed by atoms with Crippen molar-refractivity contribution in [3.05, 3.63) is 0 Å². The normalized spacial score (nSPS) is 13.5. The molecule has 0 aromatic rings. The van der Waals surface area contributed by atoms with E-state index in [4.69, 9.17) is 0 Å². The van der Waals surface area contributed by atoms with Gasteiger partial charge in [0.25, 0.3) is 0 Å². The molecule has 1 N–H and O–H groups in total. The van der Waals surface area contributed by atoms with Gasteiger partial charge in [0, 0.05) is 16.8 Å². The second-order valence-electron chi connectivity index (χ2n) is 5.40. The number of hydrogen-bond acceptors (Lipinski definition) is 1. The Hall–Kier alpha value is -0.0500. The van der Waals surface area contributed by atoms with Crippen molar-refractivity contribution >= 4 is 21.8 Å². The molecule has 102 valence electrons. The molecule has 2 nitrogen and oxygen atoms in total. The van der Waals surface area contributed by atoms with Gasteiger partial charge in [0.1, 0.15) is 0 Å². The molecule has 1 unspecified atom stereocenters. The van der Waals surface area contributed by atoms with Crippen molar-refractivity contribution in [1.29, 1.82) is 0 Å². The summed E-state index contributed by atoms with van der Waals surface area (Å²) in [6, 6.07) is 0. The predicted molar refractivity (Wildman–Crippen MR) is 78.6 cm³/mol. The fraction of sp³-hybridized carbons (Fsp3) is 0.929. The molecule has 0 aliphatic heterocycles. The lowest BCUT2D eigenvalue weighted by Crippen LogP contribution is -2.48. The molecule has 0 saturated heterocycles. The topological polar surface area (TPSA) is 29.1 Å². The zero-order chi connectivity index (χ0) is 13.3. The Morgan fingerprint density at radius 1 is 1.18 bits per heavy atom. The number of unbranched alkanes of at least 4 members (excludes halogenated alkanes) is 5. The number of alkyl halides is 1. The van der Waals surface area contributed by atoms with Crippen LogP contribution in [0.2, 0.25) is 0 Å². The zero-order valence-electron chi connectivity index (χ0n) is 11.8. The van der Waals surface area contributed by atoms with Crippen LogP contribution < -0.4 is 5.32 Å². The van der Waals surface area contributed by atoms with Crippen LogP contribution in [0, 0.1) is 0 Å². The molecule has 0 saturated carbocycles. The Balaban J connectivity index is 3.60. The Morgan fingerprint density at radius 3 is 2.24 bits per heavy atom. The molecule has 0 radical (unpaired) electrons. The monoisotopic (exact) mass is 305 g/mol. The SMILES string of the molecule is CCCCCCCCC(=O)NC(C)(C)C(C)Br. The Labute approximate surface area is 115 Å². The quantitative estimate of drug-likeness (QED) is 0.496. The van der Waals surface area contributed by atoms with E-state index in [-0.39, 0.29) is 16.3 Å². The predicted octanol–water partition coefficient (Wildman–Crippen LogP) is 4.42. The molecule has 0 aliphatic rings. The third-order valence-electron chi connectivity index (χ3n) is 3.21. The minimum atomic E-state index is -0.167. The summed E-state index contributed by atoms with van der Waals surface area (Å²) in [5.74, 6) is 0.178. The van der Waals surface area contributed by atoms with E-state index >= 15 is 0 Å². The lowest BCUT2D eigenvalue weighted by atomic mass is 10.0. The van der Waals surface area contributed by atoms with Gasteiger partial charge in [-0.3, -0.25) is 4.79 Å². The molecule has 0 spiro atoms. The summed E-state index contributed by atoms with van der Waals surface area (Å²) < 4.78 is 0. The largest absolute Gasteiger partial charge is 0.350 e. The van der Waals surface area contributed by atoms with Crippen LogP contribution in [0.15, 0.2) is 0 Å². The maximum Gasteiger partial charge on any atom is 0.220 e.